The Hall–Kier alpha value is -0.660. The van der Waals surface area contributed by atoms with Gasteiger partial charge in [0.1, 0.15) is 0 Å². The van der Waals surface area contributed by atoms with E-state index in [-0.39, 0.29) is 18.9 Å². The van der Waals surface area contributed by atoms with Gasteiger partial charge in [-0.25, -0.2) is 4.98 Å². The third-order valence-electron chi connectivity index (χ3n) is 1.75. The summed E-state index contributed by atoms with van der Waals surface area (Å²) >= 11 is 3.22. The van der Waals surface area contributed by atoms with E-state index in [2.05, 4.69) is 26.0 Å². The topological polar surface area (TPSA) is 50.9 Å². The van der Waals surface area contributed by atoms with E-state index in [0.29, 0.717) is 15.8 Å². The molecule has 0 fully saturated rings. The maximum atomic E-state index is 12.3. The van der Waals surface area contributed by atoms with Gasteiger partial charge in [0.25, 0.3) is 0 Å². The summed E-state index contributed by atoms with van der Waals surface area (Å²) in [5, 5.41) is 13.4. The van der Waals surface area contributed by atoms with E-state index in [0.717, 1.165) is 9.47 Å². The van der Waals surface area contributed by atoms with Gasteiger partial charge in [-0.05, 0) is 22.0 Å². The average molecular weight is 278 g/mol. The molecule has 14 heavy (non-hydrogen) atoms. The van der Waals surface area contributed by atoms with Crippen molar-refractivity contribution in [3.63, 3.8) is 0 Å². The summed E-state index contributed by atoms with van der Waals surface area (Å²) < 4.78 is 14.1. The fraction of sp³-hybridized carbons (Fsp3) is 0.143. The Morgan fingerprint density at radius 2 is 2.43 bits per heavy atom. The van der Waals surface area contributed by atoms with Gasteiger partial charge in [0.05, 0.1) is 18.5 Å². The molecule has 0 radical (unpaired) electrons. The number of aliphatic hydroxyl groups is 1. The lowest BCUT2D eigenvalue weighted by molar-refractivity contribution is 0.276. The summed E-state index contributed by atoms with van der Waals surface area (Å²) in [6.07, 6.45) is 1.51. The second kappa shape index (κ2) is 3.84. The Labute approximate surface area is 91.7 Å². The predicted molar refractivity (Wildman–Crippen MR) is 55.2 cm³/mol. The normalized spacial score (nSPS) is 11.1. The molecule has 2 heterocycles. The van der Waals surface area contributed by atoms with Crippen molar-refractivity contribution in [2.45, 2.75) is 6.61 Å². The van der Waals surface area contributed by atoms with Crippen molar-refractivity contribution in [2.75, 3.05) is 0 Å². The van der Waals surface area contributed by atoms with Gasteiger partial charge in [-0.3, -0.25) is 0 Å². The average Bonchev–Trinajstić information content (AvgIpc) is 2.58. The van der Waals surface area contributed by atoms with Crippen molar-refractivity contribution in [3.05, 3.63) is 22.4 Å². The van der Waals surface area contributed by atoms with Crippen LogP contribution in [0.2, 0.25) is 0 Å². The molecule has 0 amide bonds. The van der Waals surface area contributed by atoms with Crippen LogP contribution in [0, 0.1) is 0 Å². The molecule has 0 bridgehead atoms. The first-order valence-electron chi connectivity index (χ1n) is 3.69. The third kappa shape index (κ3) is 1.51. The fourth-order valence-electron chi connectivity index (χ4n) is 1.11. The first-order chi connectivity index (χ1) is 6.76. The summed E-state index contributed by atoms with van der Waals surface area (Å²) in [5.41, 5.74) is 0.873. The third-order valence-corrected chi connectivity index (χ3v) is 2.84. The second-order valence-corrected chi connectivity index (χ2v) is 3.91. The summed E-state index contributed by atoms with van der Waals surface area (Å²) in [7, 11) is 0. The van der Waals surface area contributed by atoms with Crippen LogP contribution in [0.3, 0.4) is 0 Å². The van der Waals surface area contributed by atoms with Gasteiger partial charge in [-0.1, -0.05) is 0 Å². The molecule has 0 unspecified atom stereocenters. The Morgan fingerprint density at radius 3 is 3.07 bits per heavy atom. The molecule has 0 spiro atoms. The Kier molecular flexibility index (Phi) is 2.71. The molecular weight excluding hydrogens is 273 g/mol. The van der Waals surface area contributed by atoms with E-state index < -0.39 is 0 Å². The highest BCUT2D eigenvalue weighted by atomic mass is 79.9. The summed E-state index contributed by atoms with van der Waals surface area (Å²) in [6.45, 7) is -0.196. The van der Waals surface area contributed by atoms with Crippen molar-refractivity contribution < 1.29 is 8.99 Å². The number of nitrogens with zero attached hydrogens (tertiary/aromatic N) is 3. The summed E-state index contributed by atoms with van der Waals surface area (Å²) in [5.74, 6) is 0. The van der Waals surface area contributed by atoms with Crippen LogP contribution >= 0.6 is 28.3 Å². The van der Waals surface area contributed by atoms with E-state index in [9.17, 15) is 3.89 Å². The molecule has 0 saturated carbocycles. The molecule has 0 aliphatic rings. The fourth-order valence-corrected chi connectivity index (χ4v) is 1.86. The highest BCUT2D eigenvalue weighted by Gasteiger charge is 2.09. The van der Waals surface area contributed by atoms with Gasteiger partial charge in [0, 0.05) is 9.86 Å². The Morgan fingerprint density at radius 1 is 1.64 bits per heavy atom. The number of rotatable bonds is 2. The molecule has 0 aromatic carbocycles. The van der Waals surface area contributed by atoms with Crippen LogP contribution in [0.5, 0.6) is 0 Å². The Bertz CT molecular complexity index is 475. The van der Waals surface area contributed by atoms with Crippen LogP contribution in [-0.4, -0.2) is 19.3 Å². The van der Waals surface area contributed by atoms with Crippen molar-refractivity contribution in [1.29, 1.82) is 0 Å². The van der Waals surface area contributed by atoms with Crippen molar-refractivity contribution >= 4 is 39.3 Å². The van der Waals surface area contributed by atoms with Gasteiger partial charge >= 0.3 is 0 Å². The van der Waals surface area contributed by atoms with Crippen LogP contribution in [0.25, 0.3) is 11.0 Å². The first kappa shape index (κ1) is 9.88. The number of halogens is 2. The van der Waals surface area contributed by atoms with Crippen molar-refractivity contribution in [2.24, 2.45) is 0 Å². The van der Waals surface area contributed by atoms with Crippen molar-refractivity contribution in [1.82, 2.24) is 14.2 Å². The number of aromatic nitrogens is 3. The summed E-state index contributed by atoms with van der Waals surface area (Å²) in [4.78, 5) is 4.07. The molecule has 0 aliphatic carbocycles. The molecular formula is C7H5BrFN3OS. The lowest BCUT2D eigenvalue weighted by Gasteiger charge is -2.00. The number of fused-ring (bicyclic) bond motifs is 1. The van der Waals surface area contributed by atoms with Gasteiger partial charge in [-0.15, -0.1) is 3.89 Å². The molecule has 0 aliphatic heterocycles. The molecule has 4 nitrogen and oxygen atoms in total. The molecule has 2 rings (SSSR count). The molecule has 74 valence electrons. The number of hydrogen-bond acceptors (Lipinski definition) is 4. The van der Waals surface area contributed by atoms with Crippen LogP contribution in [-0.2, 0) is 6.61 Å². The monoisotopic (exact) mass is 277 g/mol. The molecule has 0 saturated heterocycles. The zero-order chi connectivity index (χ0) is 10.1. The zero-order valence-electron chi connectivity index (χ0n) is 6.81. The molecule has 7 heteroatoms. The van der Waals surface area contributed by atoms with Gasteiger partial charge < -0.3 is 5.11 Å². The molecule has 2 aromatic rings. The first-order valence-corrected chi connectivity index (χ1v) is 5.16. The van der Waals surface area contributed by atoms with Gasteiger partial charge in [-0.2, -0.15) is 9.19 Å². The number of pyridine rings is 1. The molecule has 2 aromatic heterocycles. The van der Waals surface area contributed by atoms with E-state index >= 15 is 0 Å². The van der Waals surface area contributed by atoms with Crippen LogP contribution in [0.1, 0.15) is 5.69 Å². The van der Waals surface area contributed by atoms with Gasteiger partial charge in [0.2, 0.25) is 0 Å². The van der Waals surface area contributed by atoms with Crippen LogP contribution in [0.4, 0.5) is 3.89 Å². The largest absolute Gasteiger partial charge is 0.390 e. The minimum absolute atomic E-state index is 0.0239. The minimum atomic E-state index is -0.196. The predicted octanol–water partition coefficient (Wildman–Crippen LogP) is 2.07. The molecule has 0 atom stereocenters. The van der Waals surface area contributed by atoms with E-state index in [1.165, 1.54) is 6.20 Å². The maximum Gasteiger partial charge on any atom is 0.189 e. The van der Waals surface area contributed by atoms with Gasteiger partial charge in [0.15, 0.2) is 18.0 Å². The summed E-state index contributed by atoms with van der Waals surface area (Å²) in [6, 6.07) is 1.74. The smallest absolute Gasteiger partial charge is 0.189 e. The van der Waals surface area contributed by atoms with E-state index in [4.69, 9.17) is 5.11 Å². The minimum Gasteiger partial charge on any atom is -0.390 e. The zero-order valence-corrected chi connectivity index (χ0v) is 9.22. The van der Waals surface area contributed by atoms with E-state index in [1.807, 2.05) is 0 Å². The highest BCUT2D eigenvalue weighted by Crippen LogP contribution is 2.23. The number of hydrogen-bond donors (Lipinski definition) is 1. The van der Waals surface area contributed by atoms with E-state index in [1.54, 1.807) is 6.07 Å². The van der Waals surface area contributed by atoms with Crippen LogP contribution < -0.4 is 0 Å². The SMILES string of the molecule is OCc1nc2c(cnn2SF)cc1Br. The van der Waals surface area contributed by atoms with Crippen LogP contribution in [0.15, 0.2) is 16.7 Å². The second-order valence-electron chi connectivity index (χ2n) is 2.57. The lowest BCUT2D eigenvalue weighted by atomic mass is 10.3. The maximum absolute atomic E-state index is 12.3. The number of aliphatic hydroxyl groups excluding tert-OH is 1. The highest BCUT2D eigenvalue weighted by molar-refractivity contribution is 9.10. The molecule has 1 N–H and O–H groups in total. The standard InChI is InChI=1S/C7H5BrFN3OS/c8-5-1-4-2-10-12(14-9)7(4)11-6(5)3-13/h1-2,13H,3H2. The Balaban J connectivity index is 2.70. The quantitative estimate of drug-likeness (QED) is 0.913. The lowest BCUT2D eigenvalue weighted by Crippen LogP contribution is -1.94. The van der Waals surface area contributed by atoms with Crippen molar-refractivity contribution in [3.8, 4) is 0 Å².